The number of hydrogen-bond donors (Lipinski definition) is 1. The highest BCUT2D eigenvalue weighted by Gasteiger charge is 2.04. The van der Waals surface area contributed by atoms with Crippen LogP contribution in [0.2, 0.25) is 0 Å². The standard InChI is InChI=1S/C13H18N4OS/c1-9(2)17-12-6-13(15-7-14-12)18-5-4-11-10(3)16-8-19-11/h6-9H,4-5H2,1-3H3,(H,14,15,17). The van der Waals surface area contributed by atoms with E-state index < -0.39 is 0 Å². The highest BCUT2D eigenvalue weighted by molar-refractivity contribution is 7.09. The molecule has 0 fully saturated rings. The van der Waals surface area contributed by atoms with E-state index in [9.17, 15) is 0 Å². The lowest BCUT2D eigenvalue weighted by Gasteiger charge is -2.10. The molecule has 5 nitrogen and oxygen atoms in total. The molecule has 1 N–H and O–H groups in total. The quantitative estimate of drug-likeness (QED) is 0.880. The van der Waals surface area contributed by atoms with Crippen molar-refractivity contribution < 1.29 is 4.74 Å². The predicted molar refractivity (Wildman–Crippen MR) is 76.8 cm³/mol. The SMILES string of the molecule is Cc1ncsc1CCOc1cc(NC(C)C)ncn1. The molecule has 0 unspecified atom stereocenters. The fourth-order valence-corrected chi connectivity index (χ4v) is 2.37. The van der Waals surface area contributed by atoms with Gasteiger partial charge in [0.15, 0.2) is 0 Å². The molecule has 0 amide bonds. The van der Waals surface area contributed by atoms with Gasteiger partial charge in [0.25, 0.3) is 0 Å². The number of nitrogens with zero attached hydrogens (tertiary/aromatic N) is 3. The molecular formula is C13H18N4OS. The van der Waals surface area contributed by atoms with Gasteiger partial charge in [0.2, 0.25) is 5.88 Å². The molecule has 6 heteroatoms. The minimum Gasteiger partial charge on any atom is -0.477 e. The maximum atomic E-state index is 5.64. The summed E-state index contributed by atoms with van der Waals surface area (Å²) >= 11 is 1.66. The average Bonchev–Trinajstić information content (AvgIpc) is 2.75. The van der Waals surface area contributed by atoms with Gasteiger partial charge in [-0.15, -0.1) is 11.3 Å². The van der Waals surface area contributed by atoms with Gasteiger partial charge in [0.05, 0.1) is 17.8 Å². The fraction of sp³-hybridized carbons (Fsp3) is 0.462. The van der Waals surface area contributed by atoms with E-state index in [-0.39, 0.29) is 0 Å². The number of rotatable bonds is 6. The van der Waals surface area contributed by atoms with Gasteiger partial charge in [0.1, 0.15) is 12.1 Å². The first-order valence-corrected chi connectivity index (χ1v) is 7.13. The smallest absolute Gasteiger partial charge is 0.218 e. The molecule has 0 saturated heterocycles. The van der Waals surface area contributed by atoms with E-state index in [1.807, 2.05) is 18.5 Å². The number of thiazole rings is 1. The zero-order valence-corrected chi connectivity index (χ0v) is 12.2. The van der Waals surface area contributed by atoms with E-state index in [4.69, 9.17) is 4.74 Å². The number of hydrogen-bond acceptors (Lipinski definition) is 6. The Labute approximate surface area is 117 Å². The third-order valence-corrected chi connectivity index (χ3v) is 3.50. The average molecular weight is 278 g/mol. The molecule has 0 aliphatic heterocycles. The Morgan fingerprint density at radius 3 is 2.84 bits per heavy atom. The highest BCUT2D eigenvalue weighted by atomic mass is 32.1. The molecule has 0 spiro atoms. The summed E-state index contributed by atoms with van der Waals surface area (Å²) in [4.78, 5) is 13.7. The van der Waals surface area contributed by atoms with Gasteiger partial charge in [-0.25, -0.2) is 15.0 Å². The Morgan fingerprint density at radius 2 is 2.16 bits per heavy atom. The Morgan fingerprint density at radius 1 is 1.32 bits per heavy atom. The minimum atomic E-state index is 0.336. The summed E-state index contributed by atoms with van der Waals surface area (Å²) in [5, 5.41) is 3.22. The molecule has 0 aliphatic rings. The van der Waals surface area contributed by atoms with E-state index in [2.05, 4.69) is 34.1 Å². The second-order valence-electron chi connectivity index (χ2n) is 4.50. The van der Waals surface area contributed by atoms with Gasteiger partial charge >= 0.3 is 0 Å². The molecule has 0 saturated carbocycles. The second kappa shape index (κ2) is 6.47. The summed E-state index contributed by atoms with van der Waals surface area (Å²) in [5.74, 6) is 1.38. The van der Waals surface area contributed by atoms with Gasteiger partial charge in [-0.1, -0.05) is 0 Å². The molecule has 0 radical (unpaired) electrons. The van der Waals surface area contributed by atoms with E-state index in [0.717, 1.165) is 17.9 Å². The van der Waals surface area contributed by atoms with Crippen LogP contribution in [0.3, 0.4) is 0 Å². The van der Waals surface area contributed by atoms with Crippen LogP contribution in [0.4, 0.5) is 5.82 Å². The fourth-order valence-electron chi connectivity index (χ4n) is 1.61. The van der Waals surface area contributed by atoms with Crippen molar-refractivity contribution in [2.45, 2.75) is 33.2 Å². The Kier molecular flexibility index (Phi) is 4.68. The van der Waals surface area contributed by atoms with Crippen LogP contribution in [0.25, 0.3) is 0 Å². The van der Waals surface area contributed by atoms with Gasteiger partial charge in [0, 0.05) is 23.4 Å². The van der Waals surface area contributed by atoms with Crippen molar-refractivity contribution in [2.75, 3.05) is 11.9 Å². The van der Waals surface area contributed by atoms with Crippen molar-refractivity contribution in [3.8, 4) is 5.88 Å². The van der Waals surface area contributed by atoms with Crippen LogP contribution in [-0.2, 0) is 6.42 Å². The number of anilines is 1. The summed E-state index contributed by atoms with van der Waals surface area (Å²) in [6, 6.07) is 2.15. The van der Waals surface area contributed by atoms with Crippen molar-refractivity contribution in [3.63, 3.8) is 0 Å². The second-order valence-corrected chi connectivity index (χ2v) is 5.44. The van der Waals surface area contributed by atoms with E-state index in [1.54, 1.807) is 11.3 Å². The summed E-state index contributed by atoms with van der Waals surface area (Å²) in [6.07, 6.45) is 2.37. The monoisotopic (exact) mass is 278 g/mol. The van der Waals surface area contributed by atoms with Crippen LogP contribution < -0.4 is 10.1 Å². The van der Waals surface area contributed by atoms with Gasteiger partial charge in [-0.3, -0.25) is 0 Å². The Hall–Kier alpha value is -1.69. The first-order valence-electron chi connectivity index (χ1n) is 6.25. The first kappa shape index (κ1) is 13.7. The summed E-state index contributed by atoms with van der Waals surface area (Å²) in [6.45, 7) is 6.74. The molecule has 2 aromatic heterocycles. The minimum absolute atomic E-state index is 0.336. The molecule has 2 heterocycles. The van der Waals surface area contributed by atoms with Crippen LogP contribution in [0.15, 0.2) is 17.9 Å². The van der Waals surface area contributed by atoms with Crippen LogP contribution in [0, 0.1) is 6.92 Å². The van der Waals surface area contributed by atoms with Gasteiger partial charge in [-0.2, -0.15) is 0 Å². The molecular weight excluding hydrogens is 260 g/mol. The largest absolute Gasteiger partial charge is 0.477 e. The summed E-state index contributed by atoms with van der Waals surface area (Å²) < 4.78 is 5.64. The van der Waals surface area contributed by atoms with Crippen molar-refractivity contribution in [1.29, 1.82) is 0 Å². The number of nitrogens with one attached hydrogen (secondary N) is 1. The van der Waals surface area contributed by atoms with Crippen LogP contribution in [0.5, 0.6) is 5.88 Å². The highest BCUT2D eigenvalue weighted by Crippen LogP contribution is 2.15. The molecule has 0 bridgehead atoms. The number of aryl methyl sites for hydroxylation is 1. The molecule has 0 aromatic carbocycles. The molecule has 2 aromatic rings. The lowest BCUT2D eigenvalue weighted by atomic mass is 10.3. The van der Waals surface area contributed by atoms with Crippen LogP contribution in [0.1, 0.15) is 24.4 Å². The summed E-state index contributed by atoms with van der Waals surface area (Å²) in [7, 11) is 0. The zero-order valence-electron chi connectivity index (χ0n) is 11.4. The maximum absolute atomic E-state index is 5.64. The van der Waals surface area contributed by atoms with Crippen molar-refractivity contribution in [3.05, 3.63) is 28.5 Å². The third kappa shape index (κ3) is 4.17. The van der Waals surface area contributed by atoms with Gasteiger partial charge < -0.3 is 10.1 Å². The van der Waals surface area contributed by atoms with Gasteiger partial charge in [-0.05, 0) is 20.8 Å². The molecule has 0 aliphatic carbocycles. The van der Waals surface area contributed by atoms with Crippen molar-refractivity contribution >= 4 is 17.2 Å². The molecule has 2 rings (SSSR count). The zero-order chi connectivity index (χ0) is 13.7. The van der Waals surface area contributed by atoms with Crippen molar-refractivity contribution in [2.24, 2.45) is 0 Å². The lowest BCUT2D eigenvalue weighted by molar-refractivity contribution is 0.310. The topological polar surface area (TPSA) is 59.9 Å². The van der Waals surface area contributed by atoms with E-state index in [1.165, 1.54) is 11.2 Å². The van der Waals surface area contributed by atoms with Crippen molar-refractivity contribution in [1.82, 2.24) is 15.0 Å². The number of ether oxygens (including phenoxy) is 1. The molecule has 102 valence electrons. The Bertz CT molecular complexity index is 527. The molecule has 19 heavy (non-hydrogen) atoms. The third-order valence-electron chi connectivity index (χ3n) is 2.50. The Balaban J connectivity index is 1.87. The lowest BCUT2D eigenvalue weighted by Crippen LogP contribution is -2.11. The van der Waals surface area contributed by atoms with Crippen LogP contribution in [-0.4, -0.2) is 27.6 Å². The summed E-state index contributed by atoms with van der Waals surface area (Å²) in [5.41, 5.74) is 2.94. The van der Waals surface area contributed by atoms with E-state index in [0.29, 0.717) is 18.5 Å². The first-order chi connectivity index (χ1) is 9.15. The van der Waals surface area contributed by atoms with E-state index >= 15 is 0 Å². The molecule has 0 atom stereocenters. The number of aromatic nitrogens is 3. The predicted octanol–water partition coefficient (Wildman–Crippen LogP) is 2.68. The van der Waals surface area contributed by atoms with Crippen LogP contribution >= 0.6 is 11.3 Å². The normalized spacial score (nSPS) is 10.7. The maximum Gasteiger partial charge on any atom is 0.218 e.